The standard InChI is InChI=1S/C25H29FS/c26-25-17-22(20-11-14-23(27)15-12-20)13-16-24(25)21-8-4-7-19(9-10-21)18-5-2-1-3-6-18/h9-10,13,16-18,20,23,27H,1-3,5-7,11-12,14-15H2. The molecule has 4 rings (SSSR count). The van der Waals surface area contributed by atoms with Gasteiger partial charge in [-0.1, -0.05) is 54.9 Å². The van der Waals surface area contributed by atoms with E-state index in [0.29, 0.717) is 22.6 Å². The molecule has 0 bridgehead atoms. The molecule has 2 heteroatoms. The molecule has 1 aromatic carbocycles. The first-order chi connectivity index (χ1) is 13.2. The van der Waals surface area contributed by atoms with Crippen molar-refractivity contribution in [2.24, 2.45) is 5.92 Å². The zero-order valence-corrected chi connectivity index (χ0v) is 16.9. The van der Waals surface area contributed by atoms with Gasteiger partial charge in [0.05, 0.1) is 0 Å². The van der Waals surface area contributed by atoms with E-state index in [4.69, 9.17) is 0 Å². The van der Waals surface area contributed by atoms with Gasteiger partial charge in [-0.25, -0.2) is 4.39 Å². The Morgan fingerprint density at radius 3 is 2.41 bits per heavy atom. The number of allylic oxidation sites excluding steroid dienone is 4. The van der Waals surface area contributed by atoms with Gasteiger partial charge in [-0.3, -0.25) is 0 Å². The van der Waals surface area contributed by atoms with Crippen LogP contribution in [0.2, 0.25) is 0 Å². The summed E-state index contributed by atoms with van der Waals surface area (Å²) in [5.41, 5.74) is 4.05. The van der Waals surface area contributed by atoms with Crippen molar-refractivity contribution >= 4 is 18.2 Å². The van der Waals surface area contributed by atoms with E-state index < -0.39 is 0 Å². The van der Waals surface area contributed by atoms with Crippen molar-refractivity contribution in [1.29, 1.82) is 0 Å². The van der Waals surface area contributed by atoms with E-state index in [0.717, 1.165) is 43.2 Å². The van der Waals surface area contributed by atoms with Crippen molar-refractivity contribution in [2.45, 2.75) is 75.4 Å². The molecule has 0 N–H and O–H groups in total. The Morgan fingerprint density at radius 2 is 1.67 bits per heavy atom. The molecule has 0 nitrogen and oxygen atoms in total. The molecule has 0 aliphatic heterocycles. The van der Waals surface area contributed by atoms with Gasteiger partial charge in [0.15, 0.2) is 0 Å². The molecule has 0 amide bonds. The third kappa shape index (κ3) is 4.52. The monoisotopic (exact) mass is 380 g/mol. The van der Waals surface area contributed by atoms with Crippen LogP contribution in [0.25, 0.3) is 5.57 Å². The maximum Gasteiger partial charge on any atom is 0.131 e. The lowest BCUT2D eigenvalue weighted by Gasteiger charge is -2.26. The number of benzene rings is 1. The number of thiol groups is 1. The van der Waals surface area contributed by atoms with E-state index in [1.54, 1.807) is 6.07 Å². The molecule has 27 heavy (non-hydrogen) atoms. The minimum Gasteiger partial charge on any atom is -0.206 e. The zero-order chi connectivity index (χ0) is 18.6. The fourth-order valence-corrected chi connectivity index (χ4v) is 5.15. The SMILES string of the molecule is Fc1cc(C2CCC(S)CC2)ccc1C1=CC=C(C2CCCCC2)CC#C1. The molecule has 0 aromatic heterocycles. The summed E-state index contributed by atoms with van der Waals surface area (Å²) >= 11 is 4.57. The highest BCUT2D eigenvalue weighted by molar-refractivity contribution is 7.80. The van der Waals surface area contributed by atoms with Gasteiger partial charge in [0, 0.05) is 22.8 Å². The number of hydrogen-bond donors (Lipinski definition) is 1. The zero-order valence-electron chi connectivity index (χ0n) is 16.0. The van der Waals surface area contributed by atoms with Gasteiger partial charge in [-0.15, -0.1) is 0 Å². The van der Waals surface area contributed by atoms with Crippen molar-refractivity contribution in [1.82, 2.24) is 0 Å². The molecule has 2 fully saturated rings. The highest BCUT2D eigenvalue weighted by atomic mass is 32.1. The van der Waals surface area contributed by atoms with Gasteiger partial charge in [0.25, 0.3) is 0 Å². The molecule has 0 heterocycles. The molecule has 0 spiro atoms. The molecule has 0 radical (unpaired) electrons. The largest absolute Gasteiger partial charge is 0.206 e. The van der Waals surface area contributed by atoms with E-state index in [1.807, 2.05) is 12.1 Å². The summed E-state index contributed by atoms with van der Waals surface area (Å²) in [5.74, 6) is 7.54. The molecular formula is C25H29FS. The van der Waals surface area contributed by atoms with Crippen molar-refractivity contribution in [3.63, 3.8) is 0 Å². The van der Waals surface area contributed by atoms with Crippen molar-refractivity contribution < 1.29 is 4.39 Å². The predicted molar refractivity (Wildman–Crippen MR) is 115 cm³/mol. The van der Waals surface area contributed by atoms with Crippen LogP contribution in [0.3, 0.4) is 0 Å². The minimum atomic E-state index is -0.129. The second-order valence-electron chi connectivity index (χ2n) is 8.38. The molecule has 3 aliphatic carbocycles. The Labute approximate surface area is 168 Å². The second-order valence-corrected chi connectivity index (χ2v) is 9.11. The van der Waals surface area contributed by atoms with Crippen molar-refractivity contribution in [3.05, 3.63) is 52.9 Å². The van der Waals surface area contributed by atoms with Gasteiger partial charge in [0.2, 0.25) is 0 Å². The highest BCUT2D eigenvalue weighted by Gasteiger charge is 2.22. The number of rotatable bonds is 3. The van der Waals surface area contributed by atoms with Gasteiger partial charge >= 0.3 is 0 Å². The first kappa shape index (κ1) is 18.9. The summed E-state index contributed by atoms with van der Waals surface area (Å²) in [6.45, 7) is 0. The molecule has 3 aliphatic rings. The first-order valence-electron chi connectivity index (χ1n) is 10.6. The van der Waals surface area contributed by atoms with E-state index in [-0.39, 0.29) is 5.82 Å². The van der Waals surface area contributed by atoms with Crippen LogP contribution in [0.5, 0.6) is 0 Å². The minimum absolute atomic E-state index is 0.129. The summed E-state index contributed by atoms with van der Waals surface area (Å²) in [7, 11) is 0. The van der Waals surface area contributed by atoms with Gasteiger partial charge in [-0.05, 0) is 68.1 Å². The van der Waals surface area contributed by atoms with Gasteiger partial charge in [0.1, 0.15) is 5.82 Å². The summed E-state index contributed by atoms with van der Waals surface area (Å²) in [5, 5.41) is 0.516. The van der Waals surface area contributed by atoms with Crippen LogP contribution in [0.15, 0.2) is 35.9 Å². The third-order valence-corrected chi connectivity index (χ3v) is 7.08. The maximum absolute atomic E-state index is 14.9. The van der Waals surface area contributed by atoms with Crippen LogP contribution in [-0.4, -0.2) is 5.25 Å². The first-order valence-corrected chi connectivity index (χ1v) is 11.1. The fourth-order valence-electron chi connectivity index (χ4n) is 4.86. The van der Waals surface area contributed by atoms with Gasteiger partial charge in [-0.2, -0.15) is 12.6 Å². The average Bonchev–Trinajstić information content (AvgIpc) is 2.95. The summed E-state index contributed by atoms with van der Waals surface area (Å²) in [4.78, 5) is 0. The van der Waals surface area contributed by atoms with Crippen LogP contribution >= 0.6 is 12.6 Å². The van der Waals surface area contributed by atoms with Crippen molar-refractivity contribution in [3.8, 4) is 11.8 Å². The maximum atomic E-state index is 14.9. The van der Waals surface area contributed by atoms with Crippen LogP contribution < -0.4 is 0 Å². The predicted octanol–water partition coefficient (Wildman–Crippen LogP) is 7.08. The highest BCUT2D eigenvalue weighted by Crippen LogP contribution is 2.36. The third-order valence-electron chi connectivity index (χ3n) is 6.56. The number of halogens is 1. The lowest BCUT2D eigenvalue weighted by Crippen LogP contribution is -2.13. The average molecular weight is 381 g/mol. The molecule has 2 saturated carbocycles. The Bertz CT molecular complexity index is 793. The van der Waals surface area contributed by atoms with E-state index in [1.165, 1.54) is 37.7 Å². The molecular weight excluding hydrogens is 351 g/mol. The van der Waals surface area contributed by atoms with Crippen LogP contribution in [-0.2, 0) is 0 Å². The van der Waals surface area contributed by atoms with E-state index in [9.17, 15) is 4.39 Å². The summed E-state index contributed by atoms with van der Waals surface area (Å²) in [6.07, 6.45) is 16.2. The molecule has 0 saturated heterocycles. The van der Waals surface area contributed by atoms with Crippen LogP contribution in [0, 0.1) is 23.6 Å². The van der Waals surface area contributed by atoms with Crippen LogP contribution in [0.4, 0.5) is 4.39 Å². The Hall–Kier alpha value is -1.46. The van der Waals surface area contributed by atoms with E-state index in [2.05, 4.69) is 36.6 Å². The van der Waals surface area contributed by atoms with Gasteiger partial charge < -0.3 is 0 Å². The lowest BCUT2D eigenvalue weighted by atomic mass is 9.82. The fraction of sp³-hybridized carbons (Fsp3) is 0.520. The smallest absolute Gasteiger partial charge is 0.131 e. The summed E-state index contributed by atoms with van der Waals surface area (Å²) < 4.78 is 14.9. The second kappa shape index (κ2) is 8.70. The topological polar surface area (TPSA) is 0 Å². The quantitative estimate of drug-likeness (QED) is 0.420. The van der Waals surface area contributed by atoms with Crippen LogP contribution in [0.1, 0.15) is 81.3 Å². The molecule has 1 aromatic rings. The molecule has 142 valence electrons. The lowest BCUT2D eigenvalue weighted by molar-refractivity contribution is 0.399. The van der Waals surface area contributed by atoms with E-state index >= 15 is 0 Å². The number of hydrogen-bond acceptors (Lipinski definition) is 1. The summed E-state index contributed by atoms with van der Waals surface area (Å²) in [6, 6.07) is 5.80. The van der Waals surface area contributed by atoms with Crippen molar-refractivity contribution in [2.75, 3.05) is 0 Å². The normalized spacial score (nSPS) is 26.4. The Morgan fingerprint density at radius 1 is 0.889 bits per heavy atom. The molecule has 0 atom stereocenters. The Balaban J connectivity index is 1.53. The Kier molecular flexibility index (Phi) is 6.08. The molecule has 0 unspecified atom stereocenters.